The van der Waals surface area contributed by atoms with Crippen molar-refractivity contribution in [1.82, 2.24) is 0 Å². The van der Waals surface area contributed by atoms with E-state index >= 15 is 8.78 Å². The topological polar surface area (TPSA) is 36.9 Å². The van der Waals surface area contributed by atoms with Crippen LogP contribution < -0.4 is 18.9 Å². The first-order valence-electron chi connectivity index (χ1n) is 19.4. The smallest absolute Gasteiger partial charge is 0.426 e. The fourth-order valence-electron chi connectivity index (χ4n) is 6.15. The van der Waals surface area contributed by atoms with Crippen LogP contribution in [0.1, 0.15) is 143 Å². The molecule has 0 heterocycles. The van der Waals surface area contributed by atoms with Crippen molar-refractivity contribution in [1.29, 1.82) is 0 Å². The van der Waals surface area contributed by atoms with E-state index in [1.807, 2.05) is 26.0 Å². The molecule has 0 radical (unpaired) electrons. The van der Waals surface area contributed by atoms with E-state index in [-0.39, 0.29) is 18.3 Å². The van der Waals surface area contributed by atoms with Crippen molar-refractivity contribution >= 4 is 0 Å². The van der Waals surface area contributed by atoms with Gasteiger partial charge in [-0.3, -0.25) is 0 Å². The number of benzene rings is 3. The predicted octanol–water partition coefficient (Wildman–Crippen LogP) is 14.1. The Kier molecular flexibility index (Phi) is 18.1. The van der Waals surface area contributed by atoms with Crippen molar-refractivity contribution in [2.45, 2.75) is 162 Å². The van der Waals surface area contributed by atoms with Crippen LogP contribution in [0.4, 0.5) is 22.0 Å². The number of alkyl halides is 2. The summed E-state index contributed by atoms with van der Waals surface area (Å²) in [6.07, 6.45) is 11.7. The second-order valence-electron chi connectivity index (χ2n) is 14.0. The summed E-state index contributed by atoms with van der Waals surface area (Å²) in [5, 5.41) is 0. The third-order valence-electron chi connectivity index (χ3n) is 9.14. The van der Waals surface area contributed by atoms with E-state index in [2.05, 4.69) is 32.4 Å². The highest BCUT2D eigenvalue weighted by atomic mass is 19.3. The number of ether oxygens (including phenoxy) is 4. The Morgan fingerprint density at radius 1 is 0.538 bits per heavy atom. The van der Waals surface area contributed by atoms with E-state index < -0.39 is 34.9 Å². The lowest BCUT2D eigenvalue weighted by Gasteiger charge is -2.25. The van der Waals surface area contributed by atoms with Crippen molar-refractivity contribution in [3.05, 3.63) is 71.5 Å². The Bertz CT molecular complexity index is 1410. The lowest BCUT2D eigenvalue weighted by molar-refractivity contribution is -0.185. The molecule has 3 rings (SSSR count). The first kappa shape index (κ1) is 42.9. The van der Waals surface area contributed by atoms with Gasteiger partial charge >= 0.3 is 6.11 Å². The van der Waals surface area contributed by atoms with Crippen LogP contribution in [0, 0.1) is 17.5 Å². The van der Waals surface area contributed by atoms with E-state index in [0.717, 1.165) is 89.9 Å². The van der Waals surface area contributed by atoms with Gasteiger partial charge in [0.2, 0.25) is 0 Å². The number of rotatable bonds is 25. The Hall–Kier alpha value is -3.49. The lowest BCUT2D eigenvalue weighted by Crippen LogP contribution is -2.22. The largest absolute Gasteiger partial charge is 0.490 e. The molecule has 0 bridgehead atoms. The highest BCUT2D eigenvalue weighted by Gasteiger charge is 2.35. The average molecular weight is 735 g/mol. The molecule has 0 spiro atoms. The Balaban J connectivity index is 2.02. The molecule has 52 heavy (non-hydrogen) atoms. The number of hydrogen-bond donors (Lipinski definition) is 0. The minimum Gasteiger partial charge on any atom is -0.490 e. The van der Waals surface area contributed by atoms with Crippen molar-refractivity contribution in [2.24, 2.45) is 0 Å². The molecular weight excluding hydrogens is 675 g/mol. The van der Waals surface area contributed by atoms with Gasteiger partial charge in [0, 0.05) is 24.3 Å². The van der Waals surface area contributed by atoms with E-state index in [1.165, 1.54) is 30.7 Å². The quantitative estimate of drug-likeness (QED) is 0.0493. The number of unbranched alkanes of at least 4 members (excludes halogenated alkanes) is 9. The second kappa shape index (κ2) is 21.9. The molecule has 0 aliphatic rings. The molecule has 0 aliphatic carbocycles. The minimum absolute atomic E-state index is 0.0362. The fraction of sp³-hybridized carbons (Fsp3) is 0.581. The molecule has 0 saturated carbocycles. The summed E-state index contributed by atoms with van der Waals surface area (Å²) >= 11 is 0. The number of hydrogen-bond acceptors (Lipinski definition) is 4. The van der Waals surface area contributed by atoms with Gasteiger partial charge in [-0.2, -0.15) is 8.78 Å². The number of halogens is 5. The van der Waals surface area contributed by atoms with Crippen LogP contribution in [0.2, 0.25) is 0 Å². The molecule has 0 aromatic heterocycles. The monoisotopic (exact) mass is 734 g/mol. The van der Waals surface area contributed by atoms with Crippen molar-refractivity contribution in [3.8, 4) is 34.1 Å². The van der Waals surface area contributed by atoms with Gasteiger partial charge in [0.05, 0.1) is 29.4 Å². The molecular formula is C43H59F5O4. The molecule has 0 aliphatic heterocycles. The summed E-state index contributed by atoms with van der Waals surface area (Å²) in [6.45, 7) is 12.6. The Morgan fingerprint density at radius 3 is 1.38 bits per heavy atom. The van der Waals surface area contributed by atoms with Gasteiger partial charge in [-0.25, -0.2) is 13.2 Å². The van der Waals surface area contributed by atoms with Gasteiger partial charge < -0.3 is 18.9 Å². The summed E-state index contributed by atoms with van der Waals surface area (Å²) in [7, 11) is 0. The molecule has 3 aromatic carbocycles. The molecule has 4 nitrogen and oxygen atoms in total. The second-order valence-corrected chi connectivity index (χ2v) is 14.0. The fourth-order valence-corrected chi connectivity index (χ4v) is 6.15. The third-order valence-corrected chi connectivity index (χ3v) is 9.14. The standard InChI is InChI=1S/C43H59F5O4/c1-7-10-13-16-19-30(4)49-35-28-39(50-31(5)20-17-14-11-8-2)41(40(29-35)51-32(6)21-18-15-12-9-3)33-22-24-34(25-23-33)43(47,48)52-36-26-37(44)42(46)38(45)27-36/h22-32H,7-21H2,1-6H3/t30-,31+,32+/m1/s1. The molecule has 0 amide bonds. The molecule has 290 valence electrons. The van der Waals surface area contributed by atoms with Crippen LogP contribution in [0.5, 0.6) is 23.0 Å². The van der Waals surface area contributed by atoms with Crippen LogP contribution in [0.25, 0.3) is 11.1 Å². The molecule has 0 fully saturated rings. The van der Waals surface area contributed by atoms with Gasteiger partial charge in [-0.1, -0.05) is 90.7 Å². The van der Waals surface area contributed by atoms with E-state index in [0.29, 0.717) is 40.5 Å². The highest BCUT2D eigenvalue weighted by molar-refractivity contribution is 5.78. The van der Waals surface area contributed by atoms with Crippen molar-refractivity contribution in [3.63, 3.8) is 0 Å². The van der Waals surface area contributed by atoms with Crippen LogP contribution in [-0.4, -0.2) is 18.3 Å². The molecule has 9 heteroatoms. The maximum atomic E-state index is 15.3. The van der Waals surface area contributed by atoms with E-state index in [9.17, 15) is 13.2 Å². The molecule has 3 atom stereocenters. The predicted molar refractivity (Wildman–Crippen MR) is 199 cm³/mol. The molecule has 3 aromatic rings. The minimum atomic E-state index is -3.97. The summed E-state index contributed by atoms with van der Waals surface area (Å²) in [5.41, 5.74) is 0.623. The normalized spacial score (nSPS) is 13.4. The first-order valence-corrected chi connectivity index (χ1v) is 19.4. The third kappa shape index (κ3) is 13.8. The Labute approximate surface area is 308 Å². The highest BCUT2D eigenvalue weighted by Crippen LogP contribution is 2.45. The van der Waals surface area contributed by atoms with Crippen LogP contribution in [0.15, 0.2) is 48.5 Å². The van der Waals surface area contributed by atoms with Crippen molar-refractivity contribution < 1.29 is 40.9 Å². The van der Waals surface area contributed by atoms with E-state index in [4.69, 9.17) is 14.2 Å². The van der Waals surface area contributed by atoms with Gasteiger partial charge in [-0.15, -0.1) is 0 Å². The van der Waals surface area contributed by atoms with Crippen LogP contribution >= 0.6 is 0 Å². The maximum Gasteiger partial charge on any atom is 0.426 e. The molecule has 0 unspecified atom stereocenters. The molecule has 0 N–H and O–H groups in total. The maximum absolute atomic E-state index is 15.3. The SMILES string of the molecule is CCCCCC[C@@H](C)Oc1cc(O[C@@H](C)CCCCCC)c(-c2ccc(C(F)(F)Oc3cc(F)c(F)c(F)c3)cc2)c(O[C@@H](C)CCCCCC)c1. The molecule has 0 saturated heterocycles. The van der Waals surface area contributed by atoms with Gasteiger partial charge in [0.15, 0.2) is 17.5 Å². The van der Waals surface area contributed by atoms with Crippen LogP contribution in [-0.2, 0) is 6.11 Å². The zero-order valence-electron chi connectivity index (χ0n) is 32.0. The average Bonchev–Trinajstić information content (AvgIpc) is 3.09. The van der Waals surface area contributed by atoms with E-state index in [1.54, 1.807) is 0 Å². The van der Waals surface area contributed by atoms with Gasteiger partial charge in [0.25, 0.3) is 0 Å². The van der Waals surface area contributed by atoms with Crippen molar-refractivity contribution in [2.75, 3.05) is 0 Å². The van der Waals surface area contributed by atoms with Crippen LogP contribution in [0.3, 0.4) is 0 Å². The summed E-state index contributed by atoms with van der Waals surface area (Å²) in [4.78, 5) is 0. The zero-order chi connectivity index (χ0) is 38.1. The Morgan fingerprint density at radius 2 is 0.962 bits per heavy atom. The van der Waals surface area contributed by atoms with Gasteiger partial charge in [-0.05, 0) is 77.0 Å². The summed E-state index contributed by atoms with van der Waals surface area (Å²) in [6, 6.07) is 9.90. The lowest BCUT2D eigenvalue weighted by atomic mass is 10.0. The zero-order valence-corrected chi connectivity index (χ0v) is 32.0. The summed E-state index contributed by atoms with van der Waals surface area (Å²) < 4.78 is 95.8. The van der Waals surface area contributed by atoms with Gasteiger partial charge in [0.1, 0.15) is 23.0 Å². The summed E-state index contributed by atoms with van der Waals surface area (Å²) in [5.74, 6) is -4.19. The first-order chi connectivity index (χ1) is 24.9.